The first-order chi connectivity index (χ1) is 11.9. The van der Waals surface area contributed by atoms with Gasteiger partial charge in [-0.15, -0.1) is 0 Å². The first-order valence-corrected chi connectivity index (χ1v) is 8.69. The van der Waals surface area contributed by atoms with Gasteiger partial charge in [-0.3, -0.25) is 9.59 Å². The number of esters is 1. The van der Waals surface area contributed by atoms with Gasteiger partial charge in [0, 0.05) is 12.5 Å². The van der Waals surface area contributed by atoms with Crippen molar-refractivity contribution < 1.29 is 27.8 Å². The van der Waals surface area contributed by atoms with Gasteiger partial charge in [0.2, 0.25) is 0 Å². The first kappa shape index (κ1) is 17.8. The van der Waals surface area contributed by atoms with Crippen LogP contribution in [0.5, 0.6) is 5.75 Å². The molecule has 3 rings (SSSR count). The Morgan fingerprint density at radius 2 is 1.92 bits per heavy atom. The van der Waals surface area contributed by atoms with E-state index in [2.05, 4.69) is 0 Å². The van der Waals surface area contributed by atoms with Crippen LogP contribution in [0, 0.1) is 17.6 Å². The summed E-state index contributed by atoms with van der Waals surface area (Å²) >= 11 is 0. The molecule has 2 fully saturated rings. The van der Waals surface area contributed by atoms with E-state index in [1.807, 2.05) is 0 Å². The minimum absolute atomic E-state index is 0.104. The molecule has 6 heteroatoms. The molecule has 1 aromatic rings. The van der Waals surface area contributed by atoms with Crippen LogP contribution in [-0.2, 0) is 20.7 Å². The van der Waals surface area contributed by atoms with Gasteiger partial charge in [0.15, 0.2) is 11.6 Å². The van der Waals surface area contributed by atoms with Crippen LogP contribution >= 0.6 is 0 Å². The predicted molar refractivity (Wildman–Crippen MR) is 86.3 cm³/mol. The van der Waals surface area contributed by atoms with Crippen molar-refractivity contribution in [3.63, 3.8) is 0 Å². The van der Waals surface area contributed by atoms with E-state index in [0.717, 1.165) is 37.8 Å². The largest absolute Gasteiger partial charge is 0.494 e. The molecule has 0 N–H and O–H groups in total. The van der Waals surface area contributed by atoms with Crippen molar-refractivity contribution in [2.75, 3.05) is 7.11 Å². The molecule has 25 heavy (non-hydrogen) atoms. The quantitative estimate of drug-likeness (QED) is 0.598. The summed E-state index contributed by atoms with van der Waals surface area (Å²) in [5, 5.41) is 0. The molecule has 136 valence electrons. The van der Waals surface area contributed by atoms with E-state index in [1.165, 1.54) is 7.11 Å². The number of ether oxygens (including phenoxy) is 2. The molecule has 0 amide bonds. The van der Waals surface area contributed by atoms with Crippen LogP contribution in [0.15, 0.2) is 12.1 Å². The summed E-state index contributed by atoms with van der Waals surface area (Å²) < 4.78 is 38.5. The predicted octanol–water partition coefficient (Wildman–Crippen LogP) is 3.74. The summed E-state index contributed by atoms with van der Waals surface area (Å²) in [6, 6.07) is 2.13. The average Bonchev–Trinajstić information content (AvgIpc) is 3.09. The van der Waals surface area contributed by atoms with Crippen molar-refractivity contribution in [3.8, 4) is 5.75 Å². The first-order valence-electron chi connectivity index (χ1n) is 8.69. The van der Waals surface area contributed by atoms with Crippen LogP contribution in [0.4, 0.5) is 8.78 Å². The molecule has 2 aliphatic rings. The van der Waals surface area contributed by atoms with Gasteiger partial charge in [0.1, 0.15) is 23.6 Å². The molecule has 4 nitrogen and oxygen atoms in total. The Balaban J connectivity index is 1.83. The van der Waals surface area contributed by atoms with E-state index in [-0.39, 0.29) is 42.3 Å². The molecule has 1 atom stereocenters. The number of aryl methyl sites for hydroxylation is 1. The molecule has 1 aliphatic heterocycles. The number of Topliss-reactive ketones (excluding diaryl/α,β-unsaturated/α-hetero) is 1. The lowest BCUT2D eigenvalue weighted by molar-refractivity contribution is -0.178. The molecule has 1 saturated heterocycles. The second-order valence-electron chi connectivity index (χ2n) is 6.99. The monoisotopic (exact) mass is 352 g/mol. The molecule has 0 radical (unpaired) electrons. The third-order valence-corrected chi connectivity index (χ3v) is 5.39. The highest BCUT2D eigenvalue weighted by atomic mass is 19.1. The van der Waals surface area contributed by atoms with E-state index in [0.29, 0.717) is 6.42 Å². The van der Waals surface area contributed by atoms with Gasteiger partial charge < -0.3 is 9.47 Å². The minimum Gasteiger partial charge on any atom is -0.494 e. The summed E-state index contributed by atoms with van der Waals surface area (Å²) in [5.41, 5.74) is -0.684. The van der Waals surface area contributed by atoms with Crippen molar-refractivity contribution in [1.82, 2.24) is 0 Å². The zero-order valence-electron chi connectivity index (χ0n) is 14.3. The molecular weight excluding hydrogens is 330 g/mol. The summed E-state index contributed by atoms with van der Waals surface area (Å²) in [6.45, 7) is 0. The number of methoxy groups -OCH3 is 1. The number of cyclic esters (lactones) is 1. The third-order valence-electron chi connectivity index (χ3n) is 5.39. The Kier molecular flexibility index (Phi) is 5.06. The maximum absolute atomic E-state index is 14.2. The molecule has 0 spiro atoms. The summed E-state index contributed by atoms with van der Waals surface area (Å²) in [6.07, 6.45) is 4.33. The molecule has 1 saturated carbocycles. The molecule has 0 bridgehead atoms. The highest BCUT2D eigenvalue weighted by molar-refractivity contribution is 5.98. The lowest BCUT2D eigenvalue weighted by Crippen LogP contribution is -2.48. The van der Waals surface area contributed by atoms with E-state index in [9.17, 15) is 18.4 Å². The maximum Gasteiger partial charge on any atom is 0.313 e. The number of carbonyl (C=O) groups is 2. The Morgan fingerprint density at radius 1 is 1.20 bits per heavy atom. The van der Waals surface area contributed by atoms with E-state index in [1.54, 1.807) is 0 Å². The number of hydrogen-bond donors (Lipinski definition) is 0. The minimum atomic E-state index is -0.883. The highest BCUT2D eigenvalue weighted by Crippen LogP contribution is 2.44. The van der Waals surface area contributed by atoms with Gasteiger partial charge in [-0.05, 0) is 43.2 Å². The van der Waals surface area contributed by atoms with Gasteiger partial charge in [0.25, 0.3) is 0 Å². The van der Waals surface area contributed by atoms with E-state index in [4.69, 9.17) is 9.47 Å². The van der Waals surface area contributed by atoms with Crippen LogP contribution in [0.3, 0.4) is 0 Å². The molecular formula is C19H22F2O4. The fourth-order valence-electron chi connectivity index (χ4n) is 4.14. The van der Waals surface area contributed by atoms with Crippen molar-refractivity contribution in [2.45, 2.75) is 57.0 Å². The van der Waals surface area contributed by atoms with Crippen molar-refractivity contribution in [2.24, 2.45) is 5.92 Å². The Morgan fingerprint density at radius 3 is 2.56 bits per heavy atom. The molecule has 1 aliphatic carbocycles. The molecule has 1 unspecified atom stereocenters. The lowest BCUT2D eigenvalue weighted by atomic mass is 9.76. The number of ketones is 1. The normalized spacial score (nSPS) is 24.4. The lowest BCUT2D eigenvalue weighted by Gasteiger charge is -2.41. The number of rotatable bonds is 5. The third kappa shape index (κ3) is 3.67. The van der Waals surface area contributed by atoms with Crippen molar-refractivity contribution >= 4 is 11.8 Å². The number of carbonyl (C=O) groups excluding carboxylic acids is 2. The zero-order valence-corrected chi connectivity index (χ0v) is 14.3. The fourth-order valence-corrected chi connectivity index (χ4v) is 4.14. The number of hydrogen-bond acceptors (Lipinski definition) is 4. The van der Waals surface area contributed by atoms with Crippen molar-refractivity contribution in [1.29, 1.82) is 0 Å². The van der Waals surface area contributed by atoms with Gasteiger partial charge >= 0.3 is 5.97 Å². The summed E-state index contributed by atoms with van der Waals surface area (Å²) in [4.78, 5) is 23.9. The van der Waals surface area contributed by atoms with Crippen molar-refractivity contribution in [3.05, 3.63) is 29.3 Å². The SMILES string of the molecule is COc1cc(F)c(CCC2(C3CCCC3)CC(=O)CC(=O)O2)cc1F. The number of benzene rings is 1. The van der Waals surface area contributed by atoms with E-state index >= 15 is 0 Å². The van der Waals surface area contributed by atoms with Gasteiger partial charge in [-0.25, -0.2) is 8.78 Å². The Bertz CT molecular complexity index is 664. The second-order valence-corrected chi connectivity index (χ2v) is 6.99. The van der Waals surface area contributed by atoms with Crippen LogP contribution in [0.1, 0.15) is 50.5 Å². The average molecular weight is 352 g/mol. The number of halogens is 2. The second kappa shape index (κ2) is 7.10. The molecule has 1 aromatic carbocycles. The molecule has 1 heterocycles. The summed E-state index contributed by atoms with van der Waals surface area (Å²) in [5.74, 6) is -1.88. The van der Waals surface area contributed by atoms with Gasteiger partial charge in [0.05, 0.1) is 7.11 Å². The van der Waals surface area contributed by atoms with Gasteiger partial charge in [-0.2, -0.15) is 0 Å². The highest BCUT2D eigenvalue weighted by Gasteiger charge is 2.47. The van der Waals surface area contributed by atoms with Gasteiger partial charge in [-0.1, -0.05) is 12.8 Å². The Labute approximate surface area is 145 Å². The molecule has 0 aromatic heterocycles. The maximum atomic E-state index is 14.2. The van der Waals surface area contributed by atoms with E-state index < -0.39 is 23.2 Å². The van der Waals surface area contributed by atoms with Crippen LogP contribution in [0.2, 0.25) is 0 Å². The van der Waals surface area contributed by atoms with Crippen LogP contribution in [-0.4, -0.2) is 24.5 Å². The standard InChI is InChI=1S/C19H22F2O4/c1-24-17-10-15(20)12(8-16(17)21)6-7-19(13-4-2-3-5-13)11-14(22)9-18(23)25-19/h8,10,13H,2-7,9,11H2,1H3. The Hall–Kier alpha value is -1.98. The van der Waals surface area contributed by atoms with Crippen LogP contribution < -0.4 is 4.74 Å². The van der Waals surface area contributed by atoms with Crippen LogP contribution in [0.25, 0.3) is 0 Å². The fraction of sp³-hybridized carbons (Fsp3) is 0.579. The summed E-state index contributed by atoms with van der Waals surface area (Å²) in [7, 11) is 1.28. The smallest absolute Gasteiger partial charge is 0.313 e. The zero-order chi connectivity index (χ0) is 18.0. The topological polar surface area (TPSA) is 52.6 Å².